The van der Waals surface area contributed by atoms with Gasteiger partial charge in [0, 0.05) is 57.4 Å². The molecule has 2 aromatic heterocycles. The highest BCUT2D eigenvalue weighted by molar-refractivity contribution is 7.26. The number of anilines is 3. The second-order valence-corrected chi connectivity index (χ2v) is 15.1. The van der Waals surface area contributed by atoms with Gasteiger partial charge in [-0.2, -0.15) is 0 Å². The summed E-state index contributed by atoms with van der Waals surface area (Å²) in [5.41, 5.74) is 10.7. The second-order valence-electron chi connectivity index (χ2n) is 12.9. The highest BCUT2D eigenvalue weighted by atomic mass is 32.1. The van der Waals surface area contributed by atoms with Crippen molar-refractivity contribution in [3.8, 4) is 33.4 Å². The fourth-order valence-corrected chi connectivity index (χ4v) is 9.78. The Kier molecular flexibility index (Phi) is 7.26. The second kappa shape index (κ2) is 12.4. The fourth-order valence-electron chi connectivity index (χ4n) is 7.50. The van der Waals surface area contributed by atoms with Crippen LogP contribution in [0.2, 0.25) is 0 Å². The van der Waals surface area contributed by atoms with Gasteiger partial charge in [-0.3, -0.25) is 0 Å². The first-order chi connectivity index (χ1) is 25.3. The van der Waals surface area contributed by atoms with E-state index in [1.807, 2.05) is 22.7 Å². The van der Waals surface area contributed by atoms with Crippen LogP contribution in [0.25, 0.3) is 73.7 Å². The van der Waals surface area contributed by atoms with Gasteiger partial charge in [-0.05, 0) is 81.9 Å². The molecule has 0 atom stereocenters. The molecule has 0 bridgehead atoms. The first-order valence-corrected chi connectivity index (χ1v) is 18.9. The van der Waals surface area contributed by atoms with Crippen LogP contribution in [0.1, 0.15) is 0 Å². The quantitative estimate of drug-likeness (QED) is 0.168. The average molecular weight is 686 g/mol. The Morgan fingerprint density at radius 1 is 0.275 bits per heavy atom. The van der Waals surface area contributed by atoms with Crippen LogP contribution in [0.3, 0.4) is 0 Å². The highest BCUT2D eigenvalue weighted by Gasteiger charge is 2.20. The Bertz CT molecular complexity index is 2750. The third-order valence-corrected chi connectivity index (χ3v) is 12.2. The smallest absolute Gasteiger partial charge is 0.0476 e. The van der Waals surface area contributed by atoms with Crippen molar-refractivity contribution in [3.63, 3.8) is 0 Å². The molecule has 0 spiro atoms. The molecule has 10 aromatic rings. The van der Waals surface area contributed by atoms with Gasteiger partial charge in [0.25, 0.3) is 0 Å². The van der Waals surface area contributed by atoms with E-state index in [1.54, 1.807) is 0 Å². The molecular weight excluding hydrogens is 655 g/mol. The van der Waals surface area contributed by atoms with Crippen LogP contribution in [0.5, 0.6) is 0 Å². The van der Waals surface area contributed by atoms with E-state index in [-0.39, 0.29) is 0 Å². The molecule has 0 N–H and O–H groups in total. The Hall–Kier alpha value is -6.00. The SMILES string of the molecule is c1ccc(-c2ccccc2-c2ccc(N(c3ccc4c(c3)sc3ccccc34)c3ccc4c(c3)sc3ccccc34)cc2-c2ccccc2)cc1. The van der Waals surface area contributed by atoms with Crippen LogP contribution in [0, 0.1) is 0 Å². The Morgan fingerprint density at radius 2 is 0.686 bits per heavy atom. The lowest BCUT2D eigenvalue weighted by atomic mass is 9.89. The summed E-state index contributed by atoms with van der Waals surface area (Å²) in [4.78, 5) is 2.44. The molecular formula is C48H31NS2. The summed E-state index contributed by atoms with van der Waals surface area (Å²) in [5, 5.41) is 5.24. The zero-order chi connectivity index (χ0) is 33.7. The van der Waals surface area contributed by atoms with E-state index in [0.29, 0.717) is 0 Å². The minimum absolute atomic E-state index is 1.12. The first-order valence-electron chi connectivity index (χ1n) is 17.3. The van der Waals surface area contributed by atoms with E-state index >= 15 is 0 Å². The van der Waals surface area contributed by atoms with Crippen molar-refractivity contribution in [1.82, 2.24) is 0 Å². The lowest BCUT2D eigenvalue weighted by Crippen LogP contribution is -2.10. The number of rotatable bonds is 6. The van der Waals surface area contributed by atoms with E-state index in [4.69, 9.17) is 0 Å². The molecule has 0 saturated carbocycles. The van der Waals surface area contributed by atoms with Gasteiger partial charge in [0.2, 0.25) is 0 Å². The van der Waals surface area contributed by atoms with Crippen LogP contribution in [-0.4, -0.2) is 0 Å². The fraction of sp³-hybridized carbons (Fsp3) is 0. The molecule has 0 radical (unpaired) electrons. The van der Waals surface area contributed by atoms with Crippen molar-refractivity contribution in [2.45, 2.75) is 0 Å². The third kappa shape index (κ3) is 5.21. The minimum atomic E-state index is 1.12. The number of hydrogen-bond donors (Lipinski definition) is 0. The van der Waals surface area contributed by atoms with Gasteiger partial charge in [-0.25, -0.2) is 0 Å². The number of hydrogen-bond acceptors (Lipinski definition) is 3. The topological polar surface area (TPSA) is 3.24 Å². The monoisotopic (exact) mass is 685 g/mol. The van der Waals surface area contributed by atoms with E-state index in [2.05, 4.69) is 193 Å². The van der Waals surface area contributed by atoms with Gasteiger partial charge in [0.05, 0.1) is 0 Å². The maximum absolute atomic E-state index is 2.44. The summed E-state index contributed by atoms with van der Waals surface area (Å²) in [5.74, 6) is 0. The van der Waals surface area contributed by atoms with E-state index in [0.717, 1.165) is 17.1 Å². The largest absolute Gasteiger partial charge is 0.310 e. The predicted molar refractivity (Wildman–Crippen MR) is 223 cm³/mol. The summed E-state index contributed by atoms with van der Waals surface area (Å²) in [6, 6.07) is 68.7. The van der Waals surface area contributed by atoms with Crippen LogP contribution in [-0.2, 0) is 0 Å². The number of benzene rings is 8. The zero-order valence-electron chi connectivity index (χ0n) is 27.7. The lowest BCUT2D eigenvalue weighted by Gasteiger charge is -2.27. The molecule has 2 heterocycles. The van der Waals surface area contributed by atoms with E-state index in [1.165, 1.54) is 73.7 Å². The molecule has 51 heavy (non-hydrogen) atoms. The molecule has 0 unspecified atom stereocenters. The molecule has 0 fully saturated rings. The van der Waals surface area contributed by atoms with Gasteiger partial charge >= 0.3 is 0 Å². The lowest BCUT2D eigenvalue weighted by molar-refractivity contribution is 1.30. The maximum atomic E-state index is 2.44. The zero-order valence-corrected chi connectivity index (χ0v) is 29.3. The summed E-state index contributed by atoms with van der Waals surface area (Å²) < 4.78 is 5.21. The summed E-state index contributed by atoms with van der Waals surface area (Å²) >= 11 is 3.73. The molecule has 0 aliphatic heterocycles. The Labute approximate surface area is 304 Å². The number of nitrogens with zero attached hydrogens (tertiary/aromatic N) is 1. The van der Waals surface area contributed by atoms with Crippen molar-refractivity contribution < 1.29 is 0 Å². The van der Waals surface area contributed by atoms with Crippen molar-refractivity contribution in [2.75, 3.05) is 4.90 Å². The average Bonchev–Trinajstić information content (AvgIpc) is 3.76. The molecule has 240 valence electrons. The highest BCUT2D eigenvalue weighted by Crippen LogP contribution is 2.46. The van der Waals surface area contributed by atoms with Crippen molar-refractivity contribution in [3.05, 3.63) is 188 Å². The van der Waals surface area contributed by atoms with E-state index in [9.17, 15) is 0 Å². The number of fused-ring (bicyclic) bond motifs is 6. The maximum Gasteiger partial charge on any atom is 0.0476 e. The first kappa shape index (κ1) is 29.9. The normalized spacial score (nSPS) is 11.5. The third-order valence-electron chi connectivity index (χ3n) is 9.89. The van der Waals surface area contributed by atoms with Crippen LogP contribution in [0.15, 0.2) is 188 Å². The van der Waals surface area contributed by atoms with Gasteiger partial charge in [-0.1, -0.05) is 140 Å². The van der Waals surface area contributed by atoms with Gasteiger partial charge in [0.15, 0.2) is 0 Å². The van der Waals surface area contributed by atoms with Gasteiger partial charge < -0.3 is 4.90 Å². The molecule has 0 saturated heterocycles. The summed E-state index contributed by atoms with van der Waals surface area (Å²) in [6.07, 6.45) is 0. The van der Waals surface area contributed by atoms with Crippen LogP contribution in [0.4, 0.5) is 17.1 Å². The molecule has 0 aliphatic rings. The minimum Gasteiger partial charge on any atom is -0.310 e. The molecule has 8 aromatic carbocycles. The summed E-state index contributed by atoms with van der Waals surface area (Å²) in [6.45, 7) is 0. The van der Waals surface area contributed by atoms with Gasteiger partial charge in [0.1, 0.15) is 0 Å². The summed E-state index contributed by atoms with van der Waals surface area (Å²) in [7, 11) is 0. The Balaban J connectivity index is 1.21. The molecule has 3 heteroatoms. The van der Waals surface area contributed by atoms with E-state index < -0.39 is 0 Å². The van der Waals surface area contributed by atoms with Crippen LogP contribution >= 0.6 is 22.7 Å². The molecule has 10 rings (SSSR count). The molecule has 0 amide bonds. The van der Waals surface area contributed by atoms with Crippen molar-refractivity contribution >= 4 is 80.1 Å². The number of thiophene rings is 2. The Morgan fingerprint density at radius 3 is 1.27 bits per heavy atom. The predicted octanol–water partition coefficient (Wildman–Crippen LogP) is 14.9. The standard InChI is InChI=1S/C48H31NS2/c1-3-13-32(14-4-1)37-17-7-8-18-38(37)39-26-23-34(29-44(39)33-15-5-2-6-16-33)49(35-24-27-42-40-19-9-11-21-45(40)50-47(42)30-35)36-25-28-43-41-20-10-12-22-46(41)51-48(43)31-36/h1-31H. The van der Waals surface area contributed by atoms with Crippen molar-refractivity contribution in [2.24, 2.45) is 0 Å². The molecule has 1 nitrogen and oxygen atoms in total. The van der Waals surface area contributed by atoms with Crippen LogP contribution < -0.4 is 4.90 Å². The van der Waals surface area contributed by atoms with Gasteiger partial charge in [-0.15, -0.1) is 22.7 Å². The van der Waals surface area contributed by atoms with Crippen molar-refractivity contribution in [1.29, 1.82) is 0 Å². The molecule has 0 aliphatic carbocycles.